The predicted molar refractivity (Wildman–Crippen MR) is 79.1 cm³/mol. The Labute approximate surface area is 124 Å². The average molecular weight is 309 g/mol. The number of rotatable bonds is 5. The van der Waals surface area contributed by atoms with Crippen molar-refractivity contribution in [3.05, 3.63) is 46.8 Å². The Bertz CT molecular complexity index is 751. The fourth-order valence-corrected chi connectivity index (χ4v) is 3.49. The first-order valence-electron chi connectivity index (χ1n) is 6.53. The maximum atomic E-state index is 12.4. The summed E-state index contributed by atoms with van der Waals surface area (Å²) in [5.41, 5.74) is 2.80. The molecule has 21 heavy (non-hydrogen) atoms. The molecule has 1 aromatic carbocycles. The number of aromatic nitrogens is 2. The lowest BCUT2D eigenvalue weighted by Crippen LogP contribution is -2.24. The molecule has 0 spiro atoms. The molecule has 0 atom stereocenters. The number of sulfonamides is 1. The molecule has 0 radical (unpaired) electrons. The molecule has 0 saturated heterocycles. The Morgan fingerprint density at radius 3 is 2.57 bits per heavy atom. The third-order valence-electron chi connectivity index (χ3n) is 3.42. The van der Waals surface area contributed by atoms with Crippen molar-refractivity contribution in [3.63, 3.8) is 0 Å². The Morgan fingerprint density at radius 2 is 2.00 bits per heavy atom. The highest BCUT2D eigenvalue weighted by atomic mass is 32.2. The van der Waals surface area contributed by atoms with Gasteiger partial charge in [0.25, 0.3) is 0 Å². The molecule has 1 aromatic heterocycles. The van der Waals surface area contributed by atoms with Gasteiger partial charge in [0.15, 0.2) is 0 Å². The first-order chi connectivity index (χ1) is 9.85. The fourth-order valence-electron chi connectivity index (χ4n) is 2.20. The Kier molecular flexibility index (Phi) is 4.46. The largest absolute Gasteiger partial charge is 0.392 e. The van der Waals surface area contributed by atoms with Crippen LogP contribution in [0.4, 0.5) is 0 Å². The molecule has 114 valence electrons. The van der Waals surface area contributed by atoms with E-state index < -0.39 is 10.0 Å². The first kappa shape index (κ1) is 15.7. The highest BCUT2D eigenvalue weighted by Gasteiger charge is 2.18. The lowest BCUT2D eigenvalue weighted by molar-refractivity contribution is 0.280. The van der Waals surface area contributed by atoms with E-state index in [1.165, 1.54) is 6.07 Å². The Hall–Kier alpha value is -1.70. The van der Waals surface area contributed by atoms with Crippen LogP contribution in [0.25, 0.3) is 0 Å². The van der Waals surface area contributed by atoms with Gasteiger partial charge in [0, 0.05) is 25.4 Å². The van der Waals surface area contributed by atoms with Gasteiger partial charge in [-0.25, -0.2) is 13.1 Å². The average Bonchev–Trinajstić information content (AvgIpc) is 2.75. The molecular formula is C14H19N3O3S. The van der Waals surface area contributed by atoms with Crippen LogP contribution in [0.5, 0.6) is 0 Å². The lowest BCUT2D eigenvalue weighted by atomic mass is 10.1. The van der Waals surface area contributed by atoms with Gasteiger partial charge in [0.05, 0.1) is 17.2 Å². The van der Waals surface area contributed by atoms with Crippen LogP contribution >= 0.6 is 0 Å². The number of aliphatic hydroxyl groups is 1. The number of aryl methyl sites for hydroxylation is 2. The van der Waals surface area contributed by atoms with E-state index in [9.17, 15) is 13.5 Å². The highest BCUT2D eigenvalue weighted by Crippen LogP contribution is 2.19. The molecule has 2 aromatic rings. The summed E-state index contributed by atoms with van der Waals surface area (Å²) >= 11 is 0. The van der Waals surface area contributed by atoms with E-state index >= 15 is 0 Å². The van der Waals surface area contributed by atoms with Crippen molar-refractivity contribution in [3.8, 4) is 0 Å². The molecule has 0 fully saturated rings. The minimum Gasteiger partial charge on any atom is -0.392 e. The van der Waals surface area contributed by atoms with Crippen LogP contribution in [0.15, 0.2) is 29.3 Å². The summed E-state index contributed by atoms with van der Waals surface area (Å²) < 4.78 is 29.0. The van der Waals surface area contributed by atoms with E-state index in [0.717, 1.165) is 11.3 Å². The van der Waals surface area contributed by atoms with E-state index in [-0.39, 0.29) is 18.0 Å². The summed E-state index contributed by atoms with van der Waals surface area (Å²) in [6.45, 7) is 3.53. The number of benzene rings is 1. The van der Waals surface area contributed by atoms with Gasteiger partial charge in [-0.15, -0.1) is 0 Å². The minimum atomic E-state index is -3.63. The number of aliphatic hydroxyl groups excluding tert-OH is 1. The summed E-state index contributed by atoms with van der Waals surface area (Å²) in [4.78, 5) is 0.190. The number of hydrogen-bond donors (Lipinski definition) is 2. The van der Waals surface area contributed by atoms with Gasteiger partial charge in [0.2, 0.25) is 10.0 Å². The van der Waals surface area contributed by atoms with Crippen molar-refractivity contribution in [2.75, 3.05) is 0 Å². The van der Waals surface area contributed by atoms with E-state index in [1.54, 1.807) is 37.0 Å². The summed E-state index contributed by atoms with van der Waals surface area (Å²) in [5, 5.41) is 13.4. The van der Waals surface area contributed by atoms with E-state index in [4.69, 9.17) is 0 Å². The van der Waals surface area contributed by atoms with Crippen LogP contribution in [0.1, 0.15) is 22.4 Å². The molecule has 7 heteroatoms. The maximum Gasteiger partial charge on any atom is 0.241 e. The van der Waals surface area contributed by atoms with Crippen LogP contribution in [0, 0.1) is 13.8 Å². The molecule has 0 unspecified atom stereocenters. The van der Waals surface area contributed by atoms with Crippen LogP contribution < -0.4 is 4.72 Å². The van der Waals surface area contributed by atoms with Crippen molar-refractivity contribution in [1.29, 1.82) is 0 Å². The van der Waals surface area contributed by atoms with Gasteiger partial charge >= 0.3 is 0 Å². The second-order valence-corrected chi connectivity index (χ2v) is 6.67. The monoisotopic (exact) mass is 309 g/mol. The summed E-state index contributed by atoms with van der Waals surface area (Å²) in [6.07, 6.45) is 1.79. The van der Waals surface area contributed by atoms with Crippen molar-refractivity contribution in [2.24, 2.45) is 7.05 Å². The van der Waals surface area contributed by atoms with Crippen LogP contribution in [0.2, 0.25) is 0 Å². The third-order valence-corrected chi connectivity index (χ3v) is 4.97. The second-order valence-electron chi connectivity index (χ2n) is 4.94. The van der Waals surface area contributed by atoms with Gasteiger partial charge < -0.3 is 5.11 Å². The number of hydrogen-bond acceptors (Lipinski definition) is 4. The van der Waals surface area contributed by atoms with Crippen LogP contribution in [0.3, 0.4) is 0 Å². The molecule has 0 aliphatic carbocycles. The van der Waals surface area contributed by atoms with E-state index in [0.29, 0.717) is 11.1 Å². The van der Waals surface area contributed by atoms with Gasteiger partial charge in [-0.1, -0.05) is 12.1 Å². The van der Waals surface area contributed by atoms with E-state index in [1.807, 2.05) is 6.92 Å². The zero-order valence-electron chi connectivity index (χ0n) is 12.3. The van der Waals surface area contributed by atoms with Crippen molar-refractivity contribution in [2.45, 2.75) is 31.9 Å². The number of nitrogens with one attached hydrogen (secondary N) is 1. The quantitative estimate of drug-likeness (QED) is 0.863. The van der Waals surface area contributed by atoms with Crippen LogP contribution in [-0.4, -0.2) is 23.3 Å². The fraction of sp³-hybridized carbons (Fsp3) is 0.357. The standard InChI is InChI=1S/C14H19N3O3S/c1-10-12(9-18)5-4-6-14(10)21(19,20)15-7-13-8-17(3)16-11(13)2/h4-6,8,15,18H,7,9H2,1-3H3. The normalized spacial score (nSPS) is 11.8. The Morgan fingerprint density at radius 1 is 1.29 bits per heavy atom. The van der Waals surface area contributed by atoms with Gasteiger partial charge in [-0.05, 0) is 31.0 Å². The molecule has 0 saturated carbocycles. The van der Waals surface area contributed by atoms with Gasteiger partial charge in [-0.3, -0.25) is 4.68 Å². The zero-order valence-corrected chi connectivity index (χ0v) is 13.1. The third kappa shape index (κ3) is 3.31. The molecule has 0 aliphatic heterocycles. The van der Waals surface area contributed by atoms with Gasteiger partial charge in [-0.2, -0.15) is 5.10 Å². The van der Waals surface area contributed by atoms with Gasteiger partial charge in [0.1, 0.15) is 0 Å². The molecule has 2 N–H and O–H groups in total. The summed E-state index contributed by atoms with van der Waals surface area (Å²) in [5.74, 6) is 0. The summed E-state index contributed by atoms with van der Waals surface area (Å²) in [6, 6.07) is 4.87. The second kappa shape index (κ2) is 5.97. The van der Waals surface area contributed by atoms with Crippen LogP contribution in [-0.2, 0) is 30.2 Å². The first-order valence-corrected chi connectivity index (χ1v) is 8.01. The zero-order chi connectivity index (χ0) is 15.6. The molecule has 0 bridgehead atoms. The predicted octanol–water partition coefficient (Wildman–Crippen LogP) is 1.01. The molecule has 2 rings (SSSR count). The SMILES string of the molecule is Cc1nn(C)cc1CNS(=O)(=O)c1cccc(CO)c1C. The molecule has 0 aliphatic rings. The maximum absolute atomic E-state index is 12.4. The molecule has 1 heterocycles. The molecule has 6 nitrogen and oxygen atoms in total. The highest BCUT2D eigenvalue weighted by molar-refractivity contribution is 7.89. The smallest absolute Gasteiger partial charge is 0.241 e. The Balaban J connectivity index is 2.25. The van der Waals surface area contributed by atoms with Crippen molar-refractivity contribution in [1.82, 2.24) is 14.5 Å². The van der Waals surface area contributed by atoms with Crippen molar-refractivity contribution >= 4 is 10.0 Å². The van der Waals surface area contributed by atoms with Crippen molar-refractivity contribution < 1.29 is 13.5 Å². The summed E-state index contributed by atoms with van der Waals surface area (Å²) in [7, 11) is -1.84. The number of nitrogens with zero attached hydrogens (tertiary/aromatic N) is 2. The topological polar surface area (TPSA) is 84.2 Å². The minimum absolute atomic E-state index is 0.184. The molecule has 0 amide bonds. The van der Waals surface area contributed by atoms with E-state index in [2.05, 4.69) is 9.82 Å². The lowest BCUT2D eigenvalue weighted by Gasteiger charge is -2.11. The molecular weight excluding hydrogens is 290 g/mol.